The van der Waals surface area contributed by atoms with Crippen LogP contribution >= 0.6 is 22.9 Å². The van der Waals surface area contributed by atoms with Gasteiger partial charge in [-0.1, -0.05) is 29.8 Å². The van der Waals surface area contributed by atoms with Crippen LogP contribution in [0.3, 0.4) is 0 Å². The Kier molecular flexibility index (Phi) is 5.47. The molecule has 0 spiro atoms. The molecule has 10 heteroatoms. The zero-order chi connectivity index (χ0) is 22.3. The van der Waals surface area contributed by atoms with E-state index in [1.807, 2.05) is 0 Å². The first-order valence-electron chi connectivity index (χ1n) is 9.15. The number of hydrogen-bond acceptors (Lipinski definition) is 5. The zero-order valence-electron chi connectivity index (χ0n) is 16.5. The normalized spacial score (nSPS) is 11.1. The van der Waals surface area contributed by atoms with E-state index < -0.39 is 23.0 Å². The van der Waals surface area contributed by atoms with Crippen molar-refractivity contribution in [3.63, 3.8) is 0 Å². The number of hydrogen-bond donors (Lipinski definition) is 1. The molecule has 1 N–H and O–H groups in total. The fraction of sp³-hybridized carbons (Fsp3) is 0.143. The van der Waals surface area contributed by atoms with Crippen LogP contribution in [0.5, 0.6) is 0 Å². The third-order valence-electron chi connectivity index (χ3n) is 4.90. The Morgan fingerprint density at radius 1 is 1.16 bits per heavy atom. The third-order valence-corrected chi connectivity index (χ3v) is 5.98. The van der Waals surface area contributed by atoms with E-state index in [0.29, 0.717) is 22.2 Å². The fourth-order valence-corrected chi connectivity index (χ4v) is 4.35. The second-order valence-corrected chi connectivity index (χ2v) is 8.14. The first kappa shape index (κ1) is 21.0. The molecule has 4 aromatic rings. The number of rotatable bonds is 4. The van der Waals surface area contributed by atoms with E-state index >= 15 is 0 Å². The molecule has 0 aliphatic heterocycles. The summed E-state index contributed by atoms with van der Waals surface area (Å²) in [6, 6.07) is 9.36. The molecule has 158 valence electrons. The number of aryl methyl sites for hydroxylation is 1. The van der Waals surface area contributed by atoms with Crippen molar-refractivity contribution >= 4 is 44.9 Å². The Hall–Kier alpha value is -3.30. The van der Waals surface area contributed by atoms with Crippen molar-refractivity contribution in [3.8, 4) is 11.3 Å². The van der Waals surface area contributed by atoms with E-state index in [0.717, 1.165) is 15.9 Å². The predicted octanol–water partition coefficient (Wildman–Crippen LogP) is 3.33. The van der Waals surface area contributed by atoms with Gasteiger partial charge in [0.15, 0.2) is 5.13 Å². The van der Waals surface area contributed by atoms with Gasteiger partial charge in [0.1, 0.15) is 5.82 Å². The molecule has 0 radical (unpaired) electrons. The maximum absolute atomic E-state index is 14.1. The second-order valence-electron chi connectivity index (χ2n) is 6.88. The number of benzene rings is 2. The molecule has 0 unspecified atom stereocenters. The molecular formula is C21H16ClFN4O3S. The highest BCUT2D eigenvalue weighted by Crippen LogP contribution is 2.32. The van der Waals surface area contributed by atoms with Gasteiger partial charge in [-0.25, -0.2) is 14.2 Å². The predicted molar refractivity (Wildman–Crippen MR) is 119 cm³/mol. The molecule has 0 bridgehead atoms. The van der Waals surface area contributed by atoms with E-state index in [1.54, 1.807) is 36.7 Å². The highest BCUT2D eigenvalue weighted by Gasteiger charge is 2.17. The first-order chi connectivity index (χ1) is 14.8. The Bertz CT molecular complexity index is 1440. The number of thiazole rings is 1. The maximum atomic E-state index is 14.1. The number of fused-ring (bicyclic) bond motifs is 1. The molecule has 0 atom stereocenters. The SMILES string of the molecule is Cn1c(=O)c2c(CC(=O)Nc3nc(-c4c(F)cccc4Cl)cs3)cccc2n(C)c1=O. The van der Waals surface area contributed by atoms with Crippen LogP contribution in [0.2, 0.25) is 5.02 Å². The molecule has 31 heavy (non-hydrogen) atoms. The summed E-state index contributed by atoms with van der Waals surface area (Å²) in [6.07, 6.45) is -0.0971. The molecule has 2 aromatic heterocycles. The highest BCUT2D eigenvalue weighted by molar-refractivity contribution is 7.14. The van der Waals surface area contributed by atoms with Crippen molar-refractivity contribution in [2.24, 2.45) is 14.1 Å². The first-order valence-corrected chi connectivity index (χ1v) is 10.4. The van der Waals surface area contributed by atoms with E-state index in [1.165, 1.54) is 23.7 Å². The van der Waals surface area contributed by atoms with Crippen LogP contribution in [0.4, 0.5) is 9.52 Å². The largest absolute Gasteiger partial charge is 0.330 e. The van der Waals surface area contributed by atoms with Crippen LogP contribution in [0.25, 0.3) is 22.2 Å². The van der Waals surface area contributed by atoms with Crippen molar-refractivity contribution in [2.75, 3.05) is 5.32 Å². The van der Waals surface area contributed by atoms with Crippen molar-refractivity contribution in [2.45, 2.75) is 6.42 Å². The molecule has 2 heterocycles. The number of carbonyl (C=O) groups is 1. The average Bonchev–Trinajstić information content (AvgIpc) is 3.18. The monoisotopic (exact) mass is 458 g/mol. The lowest BCUT2D eigenvalue weighted by Crippen LogP contribution is -2.37. The lowest BCUT2D eigenvalue weighted by Gasteiger charge is -2.11. The number of nitrogens with zero attached hydrogens (tertiary/aromatic N) is 3. The molecule has 4 rings (SSSR count). The molecule has 0 saturated heterocycles. The second kappa shape index (κ2) is 8.09. The zero-order valence-corrected chi connectivity index (χ0v) is 18.1. The van der Waals surface area contributed by atoms with Crippen LogP contribution in [0, 0.1) is 5.82 Å². The van der Waals surface area contributed by atoms with Gasteiger partial charge in [0.2, 0.25) is 5.91 Å². The molecule has 0 aliphatic rings. The molecule has 7 nitrogen and oxygen atoms in total. The minimum absolute atomic E-state index is 0.0971. The van der Waals surface area contributed by atoms with E-state index in [2.05, 4.69) is 10.3 Å². The summed E-state index contributed by atoms with van der Waals surface area (Å²) in [4.78, 5) is 41.7. The minimum Gasteiger partial charge on any atom is -0.302 e. The Morgan fingerprint density at radius 3 is 2.65 bits per heavy atom. The molecule has 0 aliphatic carbocycles. The summed E-state index contributed by atoms with van der Waals surface area (Å²) >= 11 is 7.21. The summed E-state index contributed by atoms with van der Waals surface area (Å²) in [6.45, 7) is 0. The van der Waals surface area contributed by atoms with Gasteiger partial charge in [-0.3, -0.25) is 18.7 Å². The summed E-state index contributed by atoms with van der Waals surface area (Å²) in [5.74, 6) is -0.906. The van der Waals surface area contributed by atoms with Gasteiger partial charge in [0.25, 0.3) is 5.56 Å². The Labute approximate surface area is 184 Å². The topological polar surface area (TPSA) is 86.0 Å². The average molecular weight is 459 g/mol. The molecule has 0 fully saturated rings. The number of carbonyl (C=O) groups excluding carboxylic acids is 1. The summed E-state index contributed by atoms with van der Waals surface area (Å²) in [5.41, 5.74) is 0.509. The Balaban J connectivity index is 1.62. The standard InChI is InChI=1S/C21H16ClFN4O3S/c1-26-15-8-3-5-11(17(15)19(29)27(2)21(26)30)9-16(28)25-20-24-14(10-31-20)18-12(22)6-4-7-13(18)23/h3-8,10H,9H2,1-2H3,(H,24,25,28). The molecule has 0 saturated carbocycles. The van der Waals surface area contributed by atoms with E-state index in [-0.39, 0.29) is 22.1 Å². The lowest BCUT2D eigenvalue weighted by atomic mass is 10.1. The van der Waals surface area contributed by atoms with Crippen molar-refractivity contribution < 1.29 is 9.18 Å². The van der Waals surface area contributed by atoms with E-state index in [9.17, 15) is 18.8 Å². The van der Waals surface area contributed by atoms with E-state index in [4.69, 9.17) is 11.6 Å². The quantitative estimate of drug-likeness (QED) is 0.508. The minimum atomic E-state index is -0.507. The molecule has 1 amide bonds. The molecule has 2 aromatic carbocycles. The smallest absolute Gasteiger partial charge is 0.302 e. The molecular weight excluding hydrogens is 443 g/mol. The van der Waals surface area contributed by atoms with Gasteiger partial charge in [0.05, 0.1) is 33.6 Å². The van der Waals surface area contributed by atoms with Gasteiger partial charge in [-0.15, -0.1) is 11.3 Å². The van der Waals surface area contributed by atoms with Gasteiger partial charge < -0.3 is 5.32 Å². The fourth-order valence-electron chi connectivity index (χ4n) is 3.37. The summed E-state index contributed by atoms with van der Waals surface area (Å²) in [5, 5.41) is 5.08. The number of aromatic nitrogens is 3. The maximum Gasteiger partial charge on any atom is 0.330 e. The van der Waals surface area contributed by atoms with Crippen LogP contribution in [-0.4, -0.2) is 20.0 Å². The number of halogens is 2. The van der Waals surface area contributed by atoms with Gasteiger partial charge in [0, 0.05) is 19.5 Å². The van der Waals surface area contributed by atoms with Crippen LogP contribution in [-0.2, 0) is 25.3 Å². The number of amides is 1. The van der Waals surface area contributed by atoms with Gasteiger partial charge in [-0.05, 0) is 23.8 Å². The summed E-state index contributed by atoms with van der Waals surface area (Å²) < 4.78 is 16.5. The third kappa shape index (κ3) is 3.77. The lowest BCUT2D eigenvalue weighted by molar-refractivity contribution is -0.115. The Morgan fingerprint density at radius 2 is 1.90 bits per heavy atom. The van der Waals surface area contributed by atoms with Crippen LogP contribution in [0.1, 0.15) is 5.56 Å². The summed E-state index contributed by atoms with van der Waals surface area (Å²) in [7, 11) is 2.96. The van der Waals surface area contributed by atoms with Crippen molar-refractivity contribution in [3.05, 3.63) is 79.0 Å². The van der Waals surface area contributed by atoms with Crippen LogP contribution < -0.4 is 16.6 Å². The van der Waals surface area contributed by atoms with Gasteiger partial charge in [-0.2, -0.15) is 0 Å². The van der Waals surface area contributed by atoms with Crippen molar-refractivity contribution in [1.29, 1.82) is 0 Å². The number of anilines is 1. The number of nitrogens with one attached hydrogen (secondary N) is 1. The highest BCUT2D eigenvalue weighted by atomic mass is 35.5. The van der Waals surface area contributed by atoms with Crippen molar-refractivity contribution in [1.82, 2.24) is 14.1 Å². The van der Waals surface area contributed by atoms with Gasteiger partial charge >= 0.3 is 5.69 Å². The van der Waals surface area contributed by atoms with Crippen LogP contribution in [0.15, 0.2) is 51.4 Å².